The lowest BCUT2D eigenvalue weighted by Crippen LogP contribution is -2.04. The average Bonchev–Trinajstić information content (AvgIpc) is 2.62. The van der Waals surface area contributed by atoms with Gasteiger partial charge in [0, 0.05) is 11.1 Å². The number of benzene rings is 2. The molecule has 1 heterocycles. The minimum Gasteiger partial charge on any atom is -0.497 e. The fourth-order valence-electron chi connectivity index (χ4n) is 2.24. The molecule has 0 aliphatic heterocycles. The lowest BCUT2D eigenvalue weighted by molar-refractivity contribution is 0.103. The summed E-state index contributed by atoms with van der Waals surface area (Å²) in [6.45, 7) is 0. The predicted molar refractivity (Wildman–Crippen MR) is 86.1 cm³/mol. The first-order valence-electron chi connectivity index (χ1n) is 6.99. The Labute approximate surface area is 129 Å². The molecule has 1 aromatic heterocycles. The maximum atomic E-state index is 12.5. The second-order valence-corrected chi connectivity index (χ2v) is 4.84. The zero-order valence-corrected chi connectivity index (χ0v) is 12.2. The maximum Gasteiger partial charge on any atom is 0.211 e. The first kappa shape index (κ1) is 14.0. The molecule has 0 atom stereocenters. The molecule has 0 aliphatic rings. The molecule has 0 fully saturated rings. The molecule has 0 amide bonds. The number of carbonyl (C=O) groups excluding carboxylic acids is 1. The van der Waals surface area contributed by atoms with Gasteiger partial charge in [-0.3, -0.25) is 4.79 Å². The van der Waals surface area contributed by atoms with Crippen LogP contribution in [0.5, 0.6) is 5.75 Å². The van der Waals surface area contributed by atoms with E-state index in [1.54, 1.807) is 25.3 Å². The predicted octanol–water partition coefficient (Wildman–Crippen LogP) is 3.99. The van der Waals surface area contributed by atoms with E-state index >= 15 is 0 Å². The summed E-state index contributed by atoms with van der Waals surface area (Å²) in [5, 5.41) is 0. The summed E-state index contributed by atoms with van der Waals surface area (Å²) in [5.74, 6) is 0.685. The number of aromatic nitrogens is 1. The van der Waals surface area contributed by atoms with Crippen LogP contribution in [0.3, 0.4) is 0 Å². The molecule has 3 aromatic rings. The van der Waals surface area contributed by atoms with E-state index in [-0.39, 0.29) is 5.78 Å². The van der Waals surface area contributed by atoms with Gasteiger partial charge in [0.05, 0.1) is 12.8 Å². The van der Waals surface area contributed by atoms with E-state index in [4.69, 9.17) is 4.74 Å². The Hall–Kier alpha value is -2.94. The Morgan fingerprint density at radius 2 is 1.68 bits per heavy atom. The first-order chi connectivity index (χ1) is 10.8. The van der Waals surface area contributed by atoms with Gasteiger partial charge in [-0.25, -0.2) is 4.98 Å². The Balaban J connectivity index is 1.97. The third kappa shape index (κ3) is 2.88. The largest absolute Gasteiger partial charge is 0.497 e. The van der Waals surface area contributed by atoms with Crippen molar-refractivity contribution in [3.05, 3.63) is 84.1 Å². The molecule has 0 aliphatic carbocycles. The van der Waals surface area contributed by atoms with Crippen molar-refractivity contribution in [1.82, 2.24) is 4.98 Å². The smallest absolute Gasteiger partial charge is 0.211 e. The van der Waals surface area contributed by atoms with Gasteiger partial charge in [-0.05, 0) is 24.3 Å². The molecule has 0 saturated carbocycles. The molecule has 3 heteroatoms. The molecule has 0 unspecified atom stereocenters. The van der Waals surface area contributed by atoms with E-state index in [9.17, 15) is 4.79 Å². The number of carbonyl (C=O) groups is 1. The molecule has 0 bridgehead atoms. The Bertz CT molecular complexity index is 797. The van der Waals surface area contributed by atoms with Gasteiger partial charge in [0.15, 0.2) is 0 Å². The second-order valence-electron chi connectivity index (χ2n) is 4.84. The van der Waals surface area contributed by atoms with E-state index in [2.05, 4.69) is 4.98 Å². The molecule has 0 N–H and O–H groups in total. The van der Waals surface area contributed by atoms with Crippen LogP contribution >= 0.6 is 0 Å². The number of hydrogen-bond acceptors (Lipinski definition) is 3. The van der Waals surface area contributed by atoms with Crippen molar-refractivity contribution >= 4 is 5.78 Å². The number of ketones is 1. The van der Waals surface area contributed by atoms with Crippen LogP contribution in [0, 0.1) is 0 Å². The van der Waals surface area contributed by atoms with E-state index < -0.39 is 0 Å². The van der Waals surface area contributed by atoms with Crippen LogP contribution in [0.4, 0.5) is 0 Å². The highest BCUT2D eigenvalue weighted by Crippen LogP contribution is 2.22. The zero-order chi connectivity index (χ0) is 15.4. The molecule has 3 nitrogen and oxygen atoms in total. The van der Waals surface area contributed by atoms with Gasteiger partial charge in [0.25, 0.3) is 0 Å². The van der Waals surface area contributed by atoms with E-state index in [1.807, 2.05) is 54.6 Å². The lowest BCUT2D eigenvalue weighted by atomic mass is 10.1. The minimum absolute atomic E-state index is 0.0784. The molecule has 3 rings (SSSR count). The van der Waals surface area contributed by atoms with Gasteiger partial charge in [-0.15, -0.1) is 0 Å². The molecule has 0 radical (unpaired) electrons. The van der Waals surface area contributed by atoms with E-state index in [0.717, 1.165) is 17.0 Å². The second kappa shape index (κ2) is 6.22. The Kier molecular flexibility index (Phi) is 3.97. The van der Waals surface area contributed by atoms with Gasteiger partial charge in [0.1, 0.15) is 11.4 Å². The Morgan fingerprint density at radius 3 is 2.45 bits per heavy atom. The molecule has 0 spiro atoms. The van der Waals surface area contributed by atoms with E-state index in [1.165, 1.54) is 0 Å². The monoisotopic (exact) mass is 289 g/mol. The van der Waals surface area contributed by atoms with Gasteiger partial charge < -0.3 is 4.74 Å². The highest BCUT2D eigenvalue weighted by Gasteiger charge is 2.11. The number of rotatable bonds is 4. The maximum absolute atomic E-state index is 12.5. The summed E-state index contributed by atoms with van der Waals surface area (Å²) in [4.78, 5) is 17.0. The van der Waals surface area contributed by atoms with Gasteiger partial charge in [0.2, 0.25) is 5.78 Å². The number of nitrogens with zero attached hydrogens (tertiary/aromatic N) is 1. The van der Waals surface area contributed by atoms with Crippen molar-refractivity contribution < 1.29 is 9.53 Å². The van der Waals surface area contributed by atoms with Crippen LogP contribution in [0.25, 0.3) is 11.3 Å². The van der Waals surface area contributed by atoms with Crippen LogP contribution in [0.15, 0.2) is 72.8 Å². The van der Waals surface area contributed by atoms with E-state index in [0.29, 0.717) is 11.3 Å². The highest BCUT2D eigenvalue weighted by atomic mass is 16.5. The topological polar surface area (TPSA) is 39.2 Å². The van der Waals surface area contributed by atoms with Crippen molar-refractivity contribution in [1.29, 1.82) is 0 Å². The van der Waals surface area contributed by atoms with Gasteiger partial charge in [-0.1, -0.05) is 48.5 Å². The molecule has 22 heavy (non-hydrogen) atoms. The molecule has 2 aromatic carbocycles. The lowest BCUT2D eigenvalue weighted by Gasteiger charge is -2.06. The summed E-state index contributed by atoms with van der Waals surface area (Å²) in [5.41, 5.74) is 2.74. The third-order valence-electron chi connectivity index (χ3n) is 3.38. The van der Waals surface area contributed by atoms with Crippen molar-refractivity contribution in [3.8, 4) is 17.0 Å². The summed E-state index contributed by atoms with van der Waals surface area (Å²) in [6, 6.07) is 22.3. The molecule has 0 saturated heterocycles. The fourth-order valence-corrected chi connectivity index (χ4v) is 2.24. The number of pyridine rings is 1. The van der Waals surface area contributed by atoms with Crippen molar-refractivity contribution in [2.45, 2.75) is 0 Å². The number of ether oxygens (including phenoxy) is 1. The van der Waals surface area contributed by atoms with Crippen LogP contribution in [0.1, 0.15) is 16.1 Å². The van der Waals surface area contributed by atoms with Crippen molar-refractivity contribution in [3.63, 3.8) is 0 Å². The standard InChI is InChI=1S/C19H15NO2/c1-22-16-10-5-9-15(13-16)17-11-6-12-18(20-17)19(21)14-7-3-2-4-8-14/h2-13H,1H3. The summed E-state index contributed by atoms with van der Waals surface area (Å²) in [7, 11) is 1.63. The molecular weight excluding hydrogens is 274 g/mol. The normalized spacial score (nSPS) is 10.2. The van der Waals surface area contributed by atoms with Crippen LogP contribution in [0.2, 0.25) is 0 Å². The highest BCUT2D eigenvalue weighted by molar-refractivity contribution is 6.07. The van der Waals surface area contributed by atoms with Crippen LogP contribution in [-0.4, -0.2) is 17.9 Å². The number of hydrogen-bond donors (Lipinski definition) is 0. The quantitative estimate of drug-likeness (QED) is 0.682. The van der Waals surface area contributed by atoms with Gasteiger partial charge in [-0.2, -0.15) is 0 Å². The van der Waals surface area contributed by atoms with Crippen molar-refractivity contribution in [2.75, 3.05) is 7.11 Å². The molecule has 108 valence electrons. The van der Waals surface area contributed by atoms with Crippen LogP contribution in [-0.2, 0) is 0 Å². The minimum atomic E-state index is -0.0784. The number of methoxy groups -OCH3 is 1. The fraction of sp³-hybridized carbons (Fsp3) is 0.0526. The third-order valence-corrected chi connectivity index (χ3v) is 3.38. The first-order valence-corrected chi connectivity index (χ1v) is 6.99. The average molecular weight is 289 g/mol. The van der Waals surface area contributed by atoms with Crippen LogP contribution < -0.4 is 4.74 Å². The van der Waals surface area contributed by atoms with Crippen molar-refractivity contribution in [2.24, 2.45) is 0 Å². The SMILES string of the molecule is COc1cccc(-c2cccc(C(=O)c3ccccc3)n2)c1. The summed E-state index contributed by atoms with van der Waals surface area (Å²) < 4.78 is 5.23. The summed E-state index contributed by atoms with van der Waals surface area (Å²) >= 11 is 0. The molecular formula is C19H15NO2. The van der Waals surface area contributed by atoms with Gasteiger partial charge >= 0.3 is 0 Å². The zero-order valence-electron chi connectivity index (χ0n) is 12.2. The summed E-state index contributed by atoms with van der Waals surface area (Å²) in [6.07, 6.45) is 0. The Morgan fingerprint density at radius 1 is 0.909 bits per heavy atom.